The lowest BCUT2D eigenvalue weighted by Gasteiger charge is -2.05. The van der Waals surface area contributed by atoms with Crippen LogP contribution in [0.5, 0.6) is 5.75 Å². The van der Waals surface area contributed by atoms with E-state index in [-0.39, 0.29) is 0 Å². The van der Waals surface area contributed by atoms with E-state index in [1.807, 2.05) is 18.2 Å². The van der Waals surface area contributed by atoms with Crippen molar-refractivity contribution < 1.29 is 14.3 Å². The SMILES string of the molecule is O=Cn1ccc2ccc(OC(=O)c3ccccc3)cc21. The fourth-order valence-electron chi connectivity index (χ4n) is 2.02. The van der Waals surface area contributed by atoms with E-state index in [1.165, 1.54) is 4.57 Å². The minimum absolute atomic E-state index is 0.410. The minimum atomic E-state index is -0.422. The van der Waals surface area contributed by atoms with Gasteiger partial charge >= 0.3 is 5.97 Å². The van der Waals surface area contributed by atoms with E-state index < -0.39 is 5.97 Å². The van der Waals surface area contributed by atoms with Crippen molar-refractivity contribution in [3.63, 3.8) is 0 Å². The molecule has 0 unspecified atom stereocenters. The summed E-state index contributed by atoms with van der Waals surface area (Å²) in [5.41, 5.74) is 1.19. The lowest BCUT2D eigenvalue weighted by Crippen LogP contribution is -2.08. The Balaban J connectivity index is 1.91. The Kier molecular flexibility index (Phi) is 3.05. The fourth-order valence-corrected chi connectivity index (χ4v) is 2.02. The van der Waals surface area contributed by atoms with E-state index in [0.29, 0.717) is 23.2 Å². The summed E-state index contributed by atoms with van der Waals surface area (Å²) in [6.45, 7) is 0. The highest BCUT2D eigenvalue weighted by molar-refractivity contribution is 5.92. The van der Waals surface area contributed by atoms with Crippen LogP contribution in [-0.2, 0) is 4.79 Å². The van der Waals surface area contributed by atoms with E-state index in [2.05, 4.69) is 0 Å². The monoisotopic (exact) mass is 265 g/mol. The Hall–Kier alpha value is -2.88. The summed E-state index contributed by atoms with van der Waals surface area (Å²) >= 11 is 0. The molecule has 1 heterocycles. The lowest BCUT2D eigenvalue weighted by molar-refractivity contribution is 0.0735. The average Bonchev–Trinajstić information content (AvgIpc) is 2.90. The molecule has 3 rings (SSSR count). The van der Waals surface area contributed by atoms with Gasteiger partial charge in [-0.25, -0.2) is 4.79 Å². The summed E-state index contributed by atoms with van der Waals surface area (Å²) in [6.07, 6.45) is 2.38. The first-order valence-corrected chi connectivity index (χ1v) is 6.11. The molecule has 1 aromatic heterocycles. The van der Waals surface area contributed by atoms with Gasteiger partial charge in [-0.05, 0) is 30.3 Å². The number of carbonyl (C=O) groups excluding carboxylic acids is 2. The highest BCUT2D eigenvalue weighted by Gasteiger charge is 2.09. The van der Waals surface area contributed by atoms with Crippen LogP contribution in [-0.4, -0.2) is 16.9 Å². The van der Waals surface area contributed by atoms with Crippen LogP contribution in [0.25, 0.3) is 10.9 Å². The summed E-state index contributed by atoms with van der Waals surface area (Å²) in [5.74, 6) is -0.0117. The summed E-state index contributed by atoms with van der Waals surface area (Å²) in [7, 11) is 0. The van der Waals surface area contributed by atoms with Crippen LogP contribution >= 0.6 is 0 Å². The Morgan fingerprint density at radius 3 is 2.60 bits per heavy atom. The maximum absolute atomic E-state index is 11.9. The van der Waals surface area contributed by atoms with Gasteiger partial charge in [-0.15, -0.1) is 0 Å². The summed E-state index contributed by atoms with van der Waals surface area (Å²) in [6, 6.07) is 15.8. The van der Waals surface area contributed by atoms with Gasteiger partial charge in [0, 0.05) is 17.6 Å². The molecule has 0 aliphatic rings. The third-order valence-electron chi connectivity index (χ3n) is 3.03. The second-order valence-corrected chi connectivity index (χ2v) is 4.30. The molecule has 0 spiro atoms. The number of nitrogens with zero attached hydrogens (tertiary/aromatic N) is 1. The van der Waals surface area contributed by atoms with Gasteiger partial charge in [-0.2, -0.15) is 0 Å². The number of rotatable bonds is 3. The summed E-state index contributed by atoms with van der Waals surface area (Å²) in [4.78, 5) is 22.8. The van der Waals surface area contributed by atoms with Crippen molar-refractivity contribution in [2.45, 2.75) is 0 Å². The third-order valence-corrected chi connectivity index (χ3v) is 3.03. The lowest BCUT2D eigenvalue weighted by atomic mass is 10.2. The van der Waals surface area contributed by atoms with Crippen molar-refractivity contribution in [3.05, 3.63) is 66.4 Å². The first-order valence-electron chi connectivity index (χ1n) is 6.11. The highest BCUT2D eigenvalue weighted by Crippen LogP contribution is 2.22. The minimum Gasteiger partial charge on any atom is -0.423 e. The predicted octanol–water partition coefficient (Wildman–Crippen LogP) is 2.90. The highest BCUT2D eigenvalue weighted by atomic mass is 16.5. The van der Waals surface area contributed by atoms with Crippen molar-refractivity contribution in [2.75, 3.05) is 0 Å². The molecule has 2 aromatic carbocycles. The van der Waals surface area contributed by atoms with Gasteiger partial charge in [0.2, 0.25) is 6.41 Å². The van der Waals surface area contributed by atoms with Crippen LogP contribution in [0, 0.1) is 0 Å². The Bertz CT molecular complexity index is 775. The van der Waals surface area contributed by atoms with E-state index in [1.54, 1.807) is 42.6 Å². The van der Waals surface area contributed by atoms with Gasteiger partial charge < -0.3 is 4.74 Å². The second kappa shape index (κ2) is 5.01. The molecule has 4 nitrogen and oxygen atoms in total. The Morgan fingerprint density at radius 1 is 1.05 bits per heavy atom. The standard InChI is InChI=1S/C16H11NO3/c18-11-17-9-8-12-6-7-14(10-15(12)17)20-16(19)13-4-2-1-3-5-13/h1-11H. The molecule has 0 saturated heterocycles. The number of fused-ring (bicyclic) bond motifs is 1. The van der Waals surface area contributed by atoms with Crippen LogP contribution in [0.1, 0.15) is 10.4 Å². The molecule has 98 valence electrons. The maximum atomic E-state index is 11.9. The zero-order valence-corrected chi connectivity index (χ0v) is 10.5. The molecule has 0 radical (unpaired) electrons. The van der Waals surface area contributed by atoms with Crippen molar-refractivity contribution >= 4 is 23.3 Å². The molecule has 0 fully saturated rings. The van der Waals surface area contributed by atoms with Crippen molar-refractivity contribution in [3.8, 4) is 5.75 Å². The number of hydrogen-bond acceptors (Lipinski definition) is 3. The molecular weight excluding hydrogens is 254 g/mol. The van der Waals surface area contributed by atoms with Crippen molar-refractivity contribution in [1.82, 2.24) is 4.57 Å². The second-order valence-electron chi connectivity index (χ2n) is 4.30. The van der Waals surface area contributed by atoms with E-state index in [9.17, 15) is 9.59 Å². The molecule has 4 heteroatoms. The van der Waals surface area contributed by atoms with Crippen LogP contribution in [0.15, 0.2) is 60.8 Å². The summed E-state index contributed by atoms with van der Waals surface area (Å²) < 4.78 is 6.75. The van der Waals surface area contributed by atoms with Gasteiger partial charge in [0.25, 0.3) is 0 Å². The molecule has 0 aliphatic carbocycles. The first kappa shape index (κ1) is 12.2. The first-order chi connectivity index (χ1) is 9.78. The average molecular weight is 265 g/mol. The maximum Gasteiger partial charge on any atom is 0.343 e. The van der Waals surface area contributed by atoms with Gasteiger partial charge in [-0.3, -0.25) is 9.36 Å². The molecule has 0 saturated carbocycles. The van der Waals surface area contributed by atoms with Gasteiger partial charge in [0.15, 0.2) is 0 Å². The normalized spacial score (nSPS) is 10.4. The zero-order valence-electron chi connectivity index (χ0n) is 10.5. The molecule has 0 atom stereocenters. The Morgan fingerprint density at radius 2 is 1.85 bits per heavy atom. The fraction of sp³-hybridized carbons (Fsp3) is 0. The van der Waals surface area contributed by atoms with Gasteiger partial charge in [0.05, 0.1) is 11.1 Å². The summed E-state index contributed by atoms with van der Waals surface area (Å²) in [5, 5.41) is 0.914. The molecular formula is C16H11NO3. The topological polar surface area (TPSA) is 48.3 Å². The van der Waals surface area contributed by atoms with Crippen LogP contribution in [0.3, 0.4) is 0 Å². The molecule has 0 amide bonds. The number of aromatic nitrogens is 1. The number of esters is 1. The quantitative estimate of drug-likeness (QED) is 0.415. The van der Waals surface area contributed by atoms with Crippen LogP contribution in [0.4, 0.5) is 0 Å². The Labute approximate surface area is 115 Å². The van der Waals surface area contributed by atoms with Gasteiger partial charge in [0.1, 0.15) is 5.75 Å². The van der Waals surface area contributed by atoms with Crippen LogP contribution in [0.2, 0.25) is 0 Å². The number of ether oxygens (including phenoxy) is 1. The molecule has 20 heavy (non-hydrogen) atoms. The number of benzene rings is 2. The molecule has 0 aliphatic heterocycles. The molecule has 0 bridgehead atoms. The van der Waals surface area contributed by atoms with Gasteiger partial charge in [-0.1, -0.05) is 18.2 Å². The van der Waals surface area contributed by atoms with Crippen molar-refractivity contribution in [2.24, 2.45) is 0 Å². The third kappa shape index (κ3) is 2.19. The smallest absolute Gasteiger partial charge is 0.343 e. The molecule has 3 aromatic rings. The van der Waals surface area contributed by atoms with Crippen LogP contribution < -0.4 is 4.74 Å². The van der Waals surface area contributed by atoms with E-state index >= 15 is 0 Å². The van der Waals surface area contributed by atoms with Crippen molar-refractivity contribution in [1.29, 1.82) is 0 Å². The zero-order chi connectivity index (χ0) is 13.9. The largest absolute Gasteiger partial charge is 0.423 e. The number of hydrogen-bond donors (Lipinski definition) is 0. The number of carbonyl (C=O) groups is 2. The van der Waals surface area contributed by atoms with E-state index in [4.69, 9.17) is 4.74 Å². The molecule has 0 N–H and O–H groups in total. The predicted molar refractivity (Wildman–Crippen MR) is 75.5 cm³/mol. The van der Waals surface area contributed by atoms with E-state index in [0.717, 1.165) is 5.39 Å².